The lowest BCUT2D eigenvalue weighted by atomic mass is 9.74. The topological polar surface area (TPSA) is 45.4 Å². The molecule has 1 aromatic heterocycles. The first-order chi connectivity index (χ1) is 12.9. The lowest BCUT2D eigenvalue weighted by Crippen LogP contribution is -2.52. The molecule has 0 saturated heterocycles. The Morgan fingerprint density at radius 1 is 1.00 bits per heavy atom. The molecule has 0 bridgehead atoms. The van der Waals surface area contributed by atoms with E-state index in [2.05, 4.69) is 0 Å². The quantitative estimate of drug-likeness (QED) is 0.587. The van der Waals surface area contributed by atoms with Gasteiger partial charge < -0.3 is 14.8 Å². The summed E-state index contributed by atoms with van der Waals surface area (Å²) >= 11 is 0. The molecule has 0 amide bonds. The molecule has 0 aliphatic carbocycles. The first-order valence-corrected chi connectivity index (χ1v) is 8.75. The third-order valence-corrected chi connectivity index (χ3v) is 5.06. The molecule has 0 spiro atoms. The van der Waals surface area contributed by atoms with Crippen LogP contribution < -0.4 is 0 Å². The van der Waals surface area contributed by atoms with Crippen molar-refractivity contribution in [1.29, 1.82) is 0 Å². The van der Waals surface area contributed by atoms with Crippen molar-refractivity contribution in [3.63, 3.8) is 0 Å². The standard InChI is InChI=1S/C21H21F4NO2/c1-19(2,16-8-7-15(22)11-18(16)27)12-20(28,21(23,24)25)13-26-10-9-14-5-3-4-6-17(14)26/h3-11,27-28H,12-13H2,1-2H3. The number of phenolic OH excluding ortho intramolecular Hbond substituents is 1. The van der Waals surface area contributed by atoms with Crippen LogP contribution in [0.4, 0.5) is 17.6 Å². The Bertz CT molecular complexity index is 993. The summed E-state index contributed by atoms with van der Waals surface area (Å²) in [6, 6.07) is 11.8. The van der Waals surface area contributed by atoms with Crippen LogP contribution >= 0.6 is 0 Å². The van der Waals surface area contributed by atoms with Crippen LogP contribution in [0.25, 0.3) is 10.9 Å². The number of phenols is 1. The summed E-state index contributed by atoms with van der Waals surface area (Å²) in [5.41, 5.74) is -3.62. The molecule has 0 fully saturated rings. The van der Waals surface area contributed by atoms with Crippen molar-refractivity contribution in [2.75, 3.05) is 0 Å². The zero-order valence-corrected chi connectivity index (χ0v) is 15.5. The molecule has 0 saturated carbocycles. The van der Waals surface area contributed by atoms with Gasteiger partial charge in [-0.2, -0.15) is 13.2 Å². The lowest BCUT2D eigenvalue weighted by Gasteiger charge is -2.38. The Hall–Kier alpha value is -2.54. The third-order valence-electron chi connectivity index (χ3n) is 5.06. The van der Waals surface area contributed by atoms with Gasteiger partial charge in [-0.25, -0.2) is 4.39 Å². The van der Waals surface area contributed by atoms with Crippen LogP contribution in [0.1, 0.15) is 25.8 Å². The van der Waals surface area contributed by atoms with E-state index >= 15 is 0 Å². The summed E-state index contributed by atoms with van der Waals surface area (Å²) in [6.07, 6.45) is -4.12. The Morgan fingerprint density at radius 2 is 1.68 bits per heavy atom. The van der Waals surface area contributed by atoms with Gasteiger partial charge in [0.25, 0.3) is 0 Å². The summed E-state index contributed by atoms with van der Waals surface area (Å²) < 4.78 is 56.4. The zero-order chi connectivity index (χ0) is 20.7. The van der Waals surface area contributed by atoms with Gasteiger partial charge in [0.05, 0.1) is 6.54 Å². The number of hydrogen-bond acceptors (Lipinski definition) is 2. The minimum Gasteiger partial charge on any atom is -0.508 e. The molecule has 150 valence electrons. The number of fused-ring (bicyclic) bond motifs is 1. The second kappa shape index (κ2) is 6.81. The number of benzene rings is 2. The number of aliphatic hydroxyl groups is 1. The Morgan fingerprint density at radius 3 is 2.32 bits per heavy atom. The molecule has 3 rings (SSSR count). The highest BCUT2D eigenvalue weighted by Gasteiger charge is 2.56. The van der Waals surface area contributed by atoms with Gasteiger partial charge in [-0.1, -0.05) is 38.1 Å². The largest absolute Gasteiger partial charge is 0.508 e. The van der Waals surface area contributed by atoms with Crippen molar-refractivity contribution >= 4 is 10.9 Å². The monoisotopic (exact) mass is 395 g/mol. The number of alkyl halides is 3. The molecule has 0 aliphatic heterocycles. The number of halogens is 4. The molecule has 7 heteroatoms. The van der Waals surface area contributed by atoms with Crippen molar-refractivity contribution in [3.8, 4) is 5.75 Å². The smallest absolute Gasteiger partial charge is 0.418 e. The average Bonchev–Trinajstić information content (AvgIpc) is 2.96. The first-order valence-electron chi connectivity index (χ1n) is 8.75. The summed E-state index contributed by atoms with van der Waals surface area (Å²) in [4.78, 5) is 0. The van der Waals surface area contributed by atoms with Crippen LogP contribution in [0.15, 0.2) is 54.7 Å². The van der Waals surface area contributed by atoms with Crippen molar-refractivity contribution in [1.82, 2.24) is 4.57 Å². The number of hydrogen-bond donors (Lipinski definition) is 2. The highest BCUT2D eigenvalue weighted by molar-refractivity contribution is 5.79. The van der Waals surface area contributed by atoms with Crippen molar-refractivity contribution in [2.24, 2.45) is 0 Å². The van der Waals surface area contributed by atoms with Gasteiger partial charge in [-0.3, -0.25) is 0 Å². The van der Waals surface area contributed by atoms with E-state index in [1.807, 2.05) is 0 Å². The summed E-state index contributed by atoms with van der Waals surface area (Å²) in [5, 5.41) is 21.5. The Kier molecular flexibility index (Phi) is 4.91. The van der Waals surface area contributed by atoms with E-state index in [-0.39, 0.29) is 5.56 Å². The second-order valence-corrected chi connectivity index (χ2v) is 7.75. The fraction of sp³-hybridized carbons (Fsp3) is 0.333. The van der Waals surface area contributed by atoms with E-state index in [9.17, 15) is 27.8 Å². The molecule has 0 radical (unpaired) electrons. The highest BCUT2D eigenvalue weighted by atomic mass is 19.4. The van der Waals surface area contributed by atoms with Crippen LogP contribution in [0.5, 0.6) is 5.75 Å². The molecule has 3 aromatic rings. The van der Waals surface area contributed by atoms with Crippen LogP contribution in [0.2, 0.25) is 0 Å². The predicted octanol–water partition coefficient (Wildman–Crippen LogP) is 5.15. The van der Waals surface area contributed by atoms with Crippen molar-refractivity contribution in [2.45, 2.75) is 44.0 Å². The second-order valence-electron chi connectivity index (χ2n) is 7.75. The van der Waals surface area contributed by atoms with Gasteiger partial charge in [0, 0.05) is 17.8 Å². The van der Waals surface area contributed by atoms with Crippen LogP contribution in [-0.4, -0.2) is 26.6 Å². The molecular weight excluding hydrogens is 374 g/mol. The summed E-state index contributed by atoms with van der Waals surface area (Å²) in [6.45, 7) is 2.25. The van der Waals surface area contributed by atoms with E-state index in [1.165, 1.54) is 30.7 Å². The van der Waals surface area contributed by atoms with E-state index in [0.29, 0.717) is 5.52 Å². The minimum atomic E-state index is -4.91. The Labute approximate surface area is 159 Å². The first kappa shape index (κ1) is 20.2. The summed E-state index contributed by atoms with van der Waals surface area (Å²) in [7, 11) is 0. The Balaban J connectivity index is 1.99. The molecule has 2 N–H and O–H groups in total. The average molecular weight is 395 g/mol. The molecule has 3 nitrogen and oxygen atoms in total. The van der Waals surface area contributed by atoms with Crippen LogP contribution in [0.3, 0.4) is 0 Å². The highest BCUT2D eigenvalue weighted by Crippen LogP contribution is 2.44. The number of nitrogens with zero attached hydrogens (tertiary/aromatic N) is 1. The van der Waals surface area contributed by atoms with Gasteiger partial charge in [0.1, 0.15) is 11.6 Å². The van der Waals surface area contributed by atoms with Crippen molar-refractivity contribution in [3.05, 3.63) is 66.1 Å². The minimum absolute atomic E-state index is 0.133. The van der Waals surface area contributed by atoms with E-state index < -0.39 is 41.7 Å². The van der Waals surface area contributed by atoms with E-state index in [0.717, 1.165) is 17.5 Å². The predicted molar refractivity (Wildman–Crippen MR) is 98.7 cm³/mol. The fourth-order valence-electron chi connectivity index (χ4n) is 3.71. The maximum absolute atomic E-state index is 13.9. The van der Waals surface area contributed by atoms with Gasteiger partial charge >= 0.3 is 6.18 Å². The maximum atomic E-state index is 13.9. The van der Waals surface area contributed by atoms with Gasteiger partial charge in [0.2, 0.25) is 0 Å². The molecule has 1 atom stereocenters. The van der Waals surface area contributed by atoms with E-state index in [1.54, 1.807) is 30.3 Å². The van der Waals surface area contributed by atoms with E-state index in [4.69, 9.17) is 0 Å². The molecular formula is C21H21F4NO2. The maximum Gasteiger partial charge on any atom is 0.418 e. The SMILES string of the molecule is CC(C)(CC(O)(Cn1ccc2ccccc21)C(F)(F)F)c1ccc(F)cc1O. The molecule has 0 aliphatic rings. The number of para-hydroxylation sites is 1. The number of rotatable bonds is 5. The van der Waals surface area contributed by atoms with Gasteiger partial charge in [0.15, 0.2) is 5.60 Å². The van der Waals surface area contributed by atoms with Crippen LogP contribution in [-0.2, 0) is 12.0 Å². The van der Waals surface area contributed by atoms with Gasteiger partial charge in [-0.15, -0.1) is 0 Å². The molecule has 2 aromatic carbocycles. The lowest BCUT2D eigenvalue weighted by molar-refractivity contribution is -0.271. The number of aromatic nitrogens is 1. The molecule has 28 heavy (non-hydrogen) atoms. The number of aromatic hydroxyl groups is 1. The molecule has 1 heterocycles. The van der Waals surface area contributed by atoms with Crippen molar-refractivity contribution < 1.29 is 27.8 Å². The van der Waals surface area contributed by atoms with Gasteiger partial charge in [-0.05, 0) is 41.0 Å². The fourth-order valence-corrected chi connectivity index (χ4v) is 3.71. The third kappa shape index (κ3) is 3.71. The molecule has 1 unspecified atom stereocenters. The normalized spacial score (nSPS) is 15.0. The zero-order valence-electron chi connectivity index (χ0n) is 15.5. The summed E-state index contributed by atoms with van der Waals surface area (Å²) in [5.74, 6) is -1.14. The van der Waals surface area contributed by atoms with Crippen LogP contribution in [0, 0.1) is 5.82 Å².